The molecule has 1 aromatic carbocycles. The zero-order valence-electron chi connectivity index (χ0n) is 9.84. The molecule has 0 spiro atoms. The molecule has 0 atom stereocenters. The van der Waals surface area contributed by atoms with E-state index in [-0.39, 0.29) is 5.91 Å². The molecule has 0 bridgehead atoms. The lowest BCUT2D eigenvalue weighted by Gasteiger charge is -2.16. The Bertz CT molecular complexity index is 568. The number of hydrazine groups is 1. The second-order valence-electron chi connectivity index (χ2n) is 4.24. The van der Waals surface area contributed by atoms with Crippen molar-refractivity contribution in [1.29, 1.82) is 0 Å². The van der Waals surface area contributed by atoms with Crippen LogP contribution >= 0.6 is 0 Å². The molecule has 0 fully saturated rings. The summed E-state index contributed by atoms with van der Waals surface area (Å²) in [6, 6.07) is 11.6. The van der Waals surface area contributed by atoms with Crippen LogP contribution in [0.4, 0.5) is 0 Å². The van der Waals surface area contributed by atoms with Crippen LogP contribution in [-0.4, -0.2) is 15.9 Å². The van der Waals surface area contributed by atoms with Crippen LogP contribution in [0.2, 0.25) is 0 Å². The summed E-state index contributed by atoms with van der Waals surface area (Å²) in [5.41, 5.74) is 6.12. The number of benzene rings is 1. The summed E-state index contributed by atoms with van der Waals surface area (Å²) in [6.45, 7) is 1.25. The average molecular weight is 239 g/mol. The molecule has 1 amide bonds. The van der Waals surface area contributed by atoms with Gasteiger partial charge < -0.3 is 0 Å². The predicted octanol–water partition coefficient (Wildman–Crippen LogP) is 1.74. The Balaban J connectivity index is 1.68. The zero-order valence-corrected chi connectivity index (χ0v) is 9.84. The van der Waals surface area contributed by atoms with Gasteiger partial charge in [-0.1, -0.05) is 18.2 Å². The third-order valence-corrected chi connectivity index (χ3v) is 3.04. The molecule has 0 radical (unpaired) electrons. The maximum absolute atomic E-state index is 12.1. The normalized spacial score (nSPS) is 13.8. The van der Waals surface area contributed by atoms with Crippen LogP contribution in [0.15, 0.2) is 48.8 Å². The molecule has 90 valence electrons. The first-order chi connectivity index (χ1) is 8.84. The number of hydrogen-bond donors (Lipinski definition) is 1. The van der Waals surface area contributed by atoms with Crippen molar-refractivity contribution in [3.8, 4) is 0 Å². The average Bonchev–Trinajstić information content (AvgIpc) is 2.75. The summed E-state index contributed by atoms with van der Waals surface area (Å²) >= 11 is 0. The number of pyridine rings is 1. The van der Waals surface area contributed by atoms with Crippen LogP contribution in [0.25, 0.3) is 0 Å². The number of aromatic nitrogens is 1. The Kier molecular flexibility index (Phi) is 2.78. The Morgan fingerprint density at radius 1 is 1.17 bits per heavy atom. The SMILES string of the molecule is O=C1c2ccccc2CN1NCc1ccncc1. The third-order valence-electron chi connectivity index (χ3n) is 3.04. The van der Waals surface area contributed by atoms with Crippen LogP contribution in [0.5, 0.6) is 0 Å². The van der Waals surface area contributed by atoms with E-state index in [0.29, 0.717) is 13.1 Å². The topological polar surface area (TPSA) is 45.2 Å². The van der Waals surface area contributed by atoms with Gasteiger partial charge in [0.25, 0.3) is 5.91 Å². The molecule has 4 nitrogen and oxygen atoms in total. The Hall–Kier alpha value is -2.20. The second-order valence-corrected chi connectivity index (χ2v) is 4.24. The zero-order chi connectivity index (χ0) is 12.4. The van der Waals surface area contributed by atoms with Crippen molar-refractivity contribution < 1.29 is 4.79 Å². The minimum Gasteiger partial charge on any atom is -0.269 e. The highest BCUT2D eigenvalue weighted by molar-refractivity contribution is 5.97. The number of carbonyl (C=O) groups is 1. The van der Waals surface area contributed by atoms with Crippen molar-refractivity contribution in [3.05, 3.63) is 65.5 Å². The number of rotatable bonds is 3. The third kappa shape index (κ3) is 1.98. The molecule has 1 N–H and O–H groups in total. The molecule has 1 aliphatic rings. The second kappa shape index (κ2) is 4.58. The summed E-state index contributed by atoms with van der Waals surface area (Å²) in [4.78, 5) is 16.0. The lowest BCUT2D eigenvalue weighted by molar-refractivity contribution is 0.0678. The van der Waals surface area contributed by atoms with Crippen molar-refractivity contribution in [2.45, 2.75) is 13.1 Å². The minimum atomic E-state index is 0.0413. The first kappa shape index (κ1) is 10.9. The van der Waals surface area contributed by atoms with Gasteiger partial charge in [0, 0.05) is 24.5 Å². The minimum absolute atomic E-state index is 0.0413. The van der Waals surface area contributed by atoms with Crippen LogP contribution in [0, 0.1) is 0 Å². The number of nitrogens with one attached hydrogen (secondary N) is 1. The summed E-state index contributed by atoms with van der Waals surface area (Å²) in [7, 11) is 0. The fraction of sp³-hybridized carbons (Fsp3) is 0.143. The Morgan fingerprint density at radius 2 is 1.94 bits per heavy atom. The fourth-order valence-corrected chi connectivity index (χ4v) is 2.07. The quantitative estimate of drug-likeness (QED) is 0.887. The lowest BCUT2D eigenvalue weighted by Crippen LogP contribution is -2.37. The Labute approximate surface area is 105 Å². The molecular weight excluding hydrogens is 226 g/mol. The molecule has 2 heterocycles. The van der Waals surface area contributed by atoms with Gasteiger partial charge in [-0.05, 0) is 29.3 Å². The van der Waals surface area contributed by atoms with Gasteiger partial charge in [-0.2, -0.15) is 0 Å². The highest BCUT2D eigenvalue weighted by atomic mass is 16.2. The molecule has 2 aromatic rings. The maximum atomic E-state index is 12.1. The van der Waals surface area contributed by atoms with E-state index in [9.17, 15) is 4.79 Å². The molecule has 1 aromatic heterocycles. The van der Waals surface area contributed by atoms with Crippen LogP contribution in [0.3, 0.4) is 0 Å². The molecular formula is C14H13N3O. The molecule has 1 aliphatic heterocycles. The first-order valence-electron chi connectivity index (χ1n) is 5.87. The molecule has 3 rings (SSSR count). The van der Waals surface area contributed by atoms with E-state index in [1.807, 2.05) is 36.4 Å². The van der Waals surface area contributed by atoms with Gasteiger partial charge in [-0.15, -0.1) is 0 Å². The van der Waals surface area contributed by atoms with Gasteiger partial charge in [0.1, 0.15) is 0 Å². The molecule has 0 unspecified atom stereocenters. The number of fused-ring (bicyclic) bond motifs is 1. The predicted molar refractivity (Wildman–Crippen MR) is 67.4 cm³/mol. The van der Waals surface area contributed by atoms with Gasteiger partial charge in [0.2, 0.25) is 0 Å². The summed E-state index contributed by atoms with van der Waals surface area (Å²) in [5, 5.41) is 1.66. The van der Waals surface area contributed by atoms with E-state index in [0.717, 1.165) is 16.7 Å². The number of nitrogens with zero attached hydrogens (tertiary/aromatic N) is 2. The van der Waals surface area contributed by atoms with Crippen LogP contribution in [-0.2, 0) is 13.1 Å². The van der Waals surface area contributed by atoms with Gasteiger partial charge in [0.15, 0.2) is 0 Å². The molecule has 4 heteroatoms. The maximum Gasteiger partial charge on any atom is 0.268 e. The smallest absolute Gasteiger partial charge is 0.268 e. The van der Waals surface area contributed by atoms with Crippen LogP contribution in [0.1, 0.15) is 21.5 Å². The van der Waals surface area contributed by atoms with Crippen molar-refractivity contribution in [2.24, 2.45) is 0 Å². The van der Waals surface area contributed by atoms with E-state index < -0.39 is 0 Å². The number of carbonyl (C=O) groups excluding carboxylic acids is 1. The van der Waals surface area contributed by atoms with Crippen molar-refractivity contribution in [1.82, 2.24) is 15.4 Å². The first-order valence-corrected chi connectivity index (χ1v) is 5.87. The van der Waals surface area contributed by atoms with Gasteiger partial charge in [0.05, 0.1) is 6.54 Å². The fourth-order valence-electron chi connectivity index (χ4n) is 2.07. The summed E-state index contributed by atoms with van der Waals surface area (Å²) in [6.07, 6.45) is 3.50. The monoisotopic (exact) mass is 239 g/mol. The van der Waals surface area contributed by atoms with Gasteiger partial charge in [-0.3, -0.25) is 14.8 Å². The van der Waals surface area contributed by atoms with E-state index in [2.05, 4.69) is 10.4 Å². The largest absolute Gasteiger partial charge is 0.269 e. The van der Waals surface area contributed by atoms with Crippen molar-refractivity contribution >= 4 is 5.91 Å². The van der Waals surface area contributed by atoms with E-state index in [1.54, 1.807) is 17.4 Å². The van der Waals surface area contributed by atoms with Gasteiger partial charge in [-0.25, -0.2) is 5.43 Å². The molecule has 0 saturated heterocycles. The van der Waals surface area contributed by atoms with Crippen LogP contribution < -0.4 is 5.43 Å². The van der Waals surface area contributed by atoms with Crippen molar-refractivity contribution in [3.63, 3.8) is 0 Å². The molecule has 18 heavy (non-hydrogen) atoms. The Morgan fingerprint density at radius 3 is 2.72 bits per heavy atom. The number of amides is 1. The lowest BCUT2D eigenvalue weighted by atomic mass is 10.1. The number of hydrogen-bond acceptors (Lipinski definition) is 3. The molecule has 0 saturated carbocycles. The van der Waals surface area contributed by atoms with Gasteiger partial charge >= 0.3 is 0 Å². The summed E-state index contributed by atoms with van der Waals surface area (Å²) in [5.74, 6) is 0.0413. The van der Waals surface area contributed by atoms with E-state index >= 15 is 0 Å². The standard InChI is InChI=1S/C14H13N3O/c18-14-13-4-2-1-3-12(13)10-17(14)16-9-11-5-7-15-8-6-11/h1-8,16H,9-10H2. The van der Waals surface area contributed by atoms with E-state index in [4.69, 9.17) is 0 Å². The van der Waals surface area contributed by atoms with Crippen molar-refractivity contribution in [2.75, 3.05) is 0 Å². The highest BCUT2D eigenvalue weighted by Crippen LogP contribution is 2.20. The highest BCUT2D eigenvalue weighted by Gasteiger charge is 2.26. The molecule has 0 aliphatic carbocycles. The summed E-state index contributed by atoms with van der Waals surface area (Å²) < 4.78 is 0. The van der Waals surface area contributed by atoms with E-state index in [1.165, 1.54) is 0 Å².